The molecule has 0 aliphatic carbocycles. The summed E-state index contributed by atoms with van der Waals surface area (Å²) in [6.07, 6.45) is 4.66. The predicted octanol–water partition coefficient (Wildman–Crippen LogP) is 3.78. The molecule has 1 N–H and O–H groups in total. The molecule has 0 radical (unpaired) electrons. The fourth-order valence-corrected chi connectivity index (χ4v) is 4.03. The number of hydrogen-bond donors (Lipinski definition) is 1. The molecule has 1 aromatic carbocycles. The van der Waals surface area contributed by atoms with Crippen molar-refractivity contribution in [1.29, 1.82) is 0 Å². The molecule has 0 aliphatic rings. The molecule has 4 aromatic rings. The van der Waals surface area contributed by atoms with Gasteiger partial charge in [0.15, 0.2) is 5.78 Å². The largest absolute Gasteiger partial charge is 0.462 e. The number of Topliss-reactive ketones (excluding diaryl/α,β-unsaturated/α-hetero) is 1. The van der Waals surface area contributed by atoms with Crippen molar-refractivity contribution in [3.8, 4) is 0 Å². The second kappa shape index (κ2) is 8.00. The molecule has 29 heavy (non-hydrogen) atoms. The lowest BCUT2D eigenvalue weighted by atomic mass is 10.1. The minimum atomic E-state index is -0.538. The summed E-state index contributed by atoms with van der Waals surface area (Å²) in [5.41, 5.74) is 1.14. The van der Waals surface area contributed by atoms with Crippen LogP contribution in [0.3, 0.4) is 0 Å². The molecule has 7 nitrogen and oxygen atoms in total. The highest BCUT2D eigenvalue weighted by molar-refractivity contribution is 7.17. The summed E-state index contributed by atoms with van der Waals surface area (Å²) in [5, 5.41) is 2.58. The number of ketones is 1. The van der Waals surface area contributed by atoms with Crippen molar-refractivity contribution in [3.63, 3.8) is 0 Å². The summed E-state index contributed by atoms with van der Waals surface area (Å²) in [6, 6.07) is 7.47. The highest BCUT2D eigenvalue weighted by Crippen LogP contribution is 2.22. The van der Waals surface area contributed by atoms with E-state index in [0.29, 0.717) is 17.0 Å². The van der Waals surface area contributed by atoms with Gasteiger partial charge in [-0.25, -0.2) is 9.78 Å². The lowest BCUT2D eigenvalue weighted by molar-refractivity contribution is 0.0502. The van der Waals surface area contributed by atoms with Crippen LogP contribution in [0.15, 0.2) is 47.0 Å². The van der Waals surface area contributed by atoms with Gasteiger partial charge in [-0.05, 0) is 12.5 Å². The summed E-state index contributed by atoms with van der Waals surface area (Å²) in [6.45, 7) is 2.14. The van der Waals surface area contributed by atoms with Gasteiger partial charge < -0.3 is 9.72 Å². The third-order valence-electron chi connectivity index (χ3n) is 4.72. The van der Waals surface area contributed by atoms with Crippen molar-refractivity contribution >= 4 is 44.2 Å². The number of para-hydroxylation sites is 1. The maximum Gasteiger partial charge on any atom is 0.339 e. The van der Waals surface area contributed by atoms with Crippen LogP contribution in [0.5, 0.6) is 0 Å². The quantitative estimate of drug-likeness (QED) is 0.285. The van der Waals surface area contributed by atoms with Gasteiger partial charge in [-0.2, -0.15) is 0 Å². The van der Waals surface area contributed by atoms with E-state index in [1.807, 2.05) is 31.2 Å². The standard InChI is InChI=1S/C21H19N3O4S/c1-2-3-8-28-21(27)15-11-29-19-18(15)20(26)24(12-23-19)10-17(25)14-9-22-16-7-5-4-6-13(14)16/h4-7,9,11-12,22H,2-3,8,10H2,1H3. The maximum absolute atomic E-state index is 13.0. The Morgan fingerprint density at radius 2 is 2.07 bits per heavy atom. The van der Waals surface area contributed by atoms with Gasteiger partial charge in [-0.15, -0.1) is 11.3 Å². The number of carbonyl (C=O) groups excluding carboxylic acids is 2. The van der Waals surface area contributed by atoms with Crippen LogP contribution >= 0.6 is 11.3 Å². The Bertz CT molecular complexity index is 1270. The molecule has 0 atom stereocenters. The van der Waals surface area contributed by atoms with E-state index in [4.69, 9.17) is 4.74 Å². The molecule has 4 rings (SSSR count). The third-order valence-corrected chi connectivity index (χ3v) is 5.60. The van der Waals surface area contributed by atoms with E-state index in [1.54, 1.807) is 11.6 Å². The number of hydrogen-bond acceptors (Lipinski definition) is 6. The number of ether oxygens (including phenoxy) is 1. The summed E-state index contributed by atoms with van der Waals surface area (Å²) >= 11 is 1.21. The zero-order valence-corrected chi connectivity index (χ0v) is 16.6. The molecule has 0 amide bonds. The van der Waals surface area contributed by atoms with Gasteiger partial charge in [-0.3, -0.25) is 14.2 Å². The number of aromatic nitrogens is 3. The van der Waals surface area contributed by atoms with E-state index in [0.717, 1.165) is 23.7 Å². The molecule has 0 spiro atoms. The number of unbranched alkanes of at least 4 members (excludes halogenated alkanes) is 1. The number of carbonyl (C=O) groups is 2. The van der Waals surface area contributed by atoms with Crippen molar-refractivity contribution in [2.75, 3.05) is 6.61 Å². The van der Waals surface area contributed by atoms with Gasteiger partial charge in [0.1, 0.15) is 4.83 Å². The van der Waals surface area contributed by atoms with Gasteiger partial charge in [0.2, 0.25) is 0 Å². The van der Waals surface area contributed by atoms with Crippen molar-refractivity contribution in [1.82, 2.24) is 14.5 Å². The lowest BCUT2D eigenvalue weighted by Gasteiger charge is -2.06. The normalized spacial score (nSPS) is 11.2. The molecule has 8 heteroatoms. The van der Waals surface area contributed by atoms with Crippen LogP contribution in [0.4, 0.5) is 0 Å². The van der Waals surface area contributed by atoms with E-state index in [1.165, 1.54) is 22.2 Å². The summed E-state index contributed by atoms with van der Waals surface area (Å²) < 4.78 is 6.48. The first kappa shape index (κ1) is 19.1. The average Bonchev–Trinajstić information content (AvgIpc) is 3.35. The third kappa shape index (κ3) is 3.58. The average molecular weight is 409 g/mol. The molecule has 0 fully saturated rings. The van der Waals surface area contributed by atoms with Crippen LogP contribution < -0.4 is 5.56 Å². The number of nitrogens with one attached hydrogen (secondary N) is 1. The second-order valence-corrected chi connectivity index (χ2v) is 7.53. The van der Waals surface area contributed by atoms with Gasteiger partial charge in [0, 0.05) is 28.0 Å². The highest BCUT2D eigenvalue weighted by atomic mass is 32.1. The first-order valence-electron chi connectivity index (χ1n) is 9.33. The SMILES string of the molecule is CCCCOC(=O)c1csc2ncn(CC(=O)c3c[nH]c4ccccc34)c(=O)c12. The molecular formula is C21H19N3O4S. The van der Waals surface area contributed by atoms with Crippen LogP contribution in [-0.2, 0) is 11.3 Å². The number of esters is 1. The Morgan fingerprint density at radius 3 is 2.90 bits per heavy atom. The van der Waals surface area contributed by atoms with Crippen molar-refractivity contribution < 1.29 is 14.3 Å². The fraction of sp³-hybridized carbons (Fsp3) is 0.238. The zero-order chi connectivity index (χ0) is 20.4. The molecule has 0 saturated heterocycles. The van der Waals surface area contributed by atoms with Crippen molar-refractivity contribution in [3.05, 3.63) is 63.7 Å². The van der Waals surface area contributed by atoms with Crippen LogP contribution in [0.1, 0.15) is 40.5 Å². The number of aromatic amines is 1. The van der Waals surface area contributed by atoms with Crippen molar-refractivity contribution in [2.45, 2.75) is 26.3 Å². The number of H-pyrrole nitrogens is 1. The number of thiophene rings is 1. The molecule has 148 valence electrons. The first-order valence-corrected chi connectivity index (χ1v) is 10.2. The summed E-state index contributed by atoms with van der Waals surface area (Å²) in [4.78, 5) is 45.9. The van der Waals surface area contributed by atoms with E-state index in [9.17, 15) is 14.4 Å². The maximum atomic E-state index is 13.0. The summed E-state index contributed by atoms with van der Waals surface area (Å²) in [7, 11) is 0. The van der Waals surface area contributed by atoms with Gasteiger partial charge in [-0.1, -0.05) is 31.5 Å². The second-order valence-electron chi connectivity index (χ2n) is 6.67. The fourth-order valence-electron chi connectivity index (χ4n) is 3.16. The van der Waals surface area contributed by atoms with Crippen LogP contribution in [0.2, 0.25) is 0 Å². The van der Waals surface area contributed by atoms with E-state index >= 15 is 0 Å². The Labute approximate surface area is 170 Å². The molecule has 0 unspecified atom stereocenters. The van der Waals surface area contributed by atoms with Gasteiger partial charge in [0.05, 0.1) is 30.4 Å². The highest BCUT2D eigenvalue weighted by Gasteiger charge is 2.20. The van der Waals surface area contributed by atoms with Crippen LogP contribution in [0.25, 0.3) is 21.1 Å². The molecule has 0 aliphatic heterocycles. The number of nitrogens with zero attached hydrogens (tertiary/aromatic N) is 2. The van der Waals surface area contributed by atoms with Crippen LogP contribution in [0, 0.1) is 0 Å². The molecule has 3 heterocycles. The lowest BCUT2D eigenvalue weighted by Crippen LogP contribution is -2.25. The van der Waals surface area contributed by atoms with Crippen molar-refractivity contribution in [2.24, 2.45) is 0 Å². The minimum Gasteiger partial charge on any atom is -0.462 e. The topological polar surface area (TPSA) is 94.0 Å². The first-order chi connectivity index (χ1) is 14.1. The minimum absolute atomic E-state index is 0.163. The van der Waals surface area contributed by atoms with Gasteiger partial charge >= 0.3 is 5.97 Å². The van der Waals surface area contributed by atoms with E-state index in [2.05, 4.69) is 9.97 Å². The number of benzene rings is 1. The van der Waals surface area contributed by atoms with Crippen LogP contribution in [-0.4, -0.2) is 32.9 Å². The molecule has 3 aromatic heterocycles. The predicted molar refractivity (Wildman–Crippen MR) is 112 cm³/mol. The number of rotatable bonds is 7. The molecule has 0 bridgehead atoms. The van der Waals surface area contributed by atoms with E-state index in [-0.39, 0.29) is 23.3 Å². The Hall–Kier alpha value is -3.26. The zero-order valence-electron chi connectivity index (χ0n) is 15.8. The smallest absolute Gasteiger partial charge is 0.339 e. The number of fused-ring (bicyclic) bond motifs is 2. The van der Waals surface area contributed by atoms with Gasteiger partial charge in [0.25, 0.3) is 5.56 Å². The van der Waals surface area contributed by atoms with E-state index < -0.39 is 11.5 Å². The summed E-state index contributed by atoms with van der Waals surface area (Å²) in [5.74, 6) is -0.752. The molecular weight excluding hydrogens is 390 g/mol. The Morgan fingerprint density at radius 1 is 1.24 bits per heavy atom. The monoisotopic (exact) mass is 409 g/mol. The molecule has 0 saturated carbocycles. The Kier molecular flexibility index (Phi) is 5.26. The Balaban J connectivity index is 1.65.